The lowest BCUT2D eigenvalue weighted by molar-refractivity contribution is 0.102. The molecule has 130 valence electrons. The molecule has 0 spiro atoms. The number of hydrogen-bond acceptors (Lipinski definition) is 4. The topological polar surface area (TPSA) is 73.0 Å². The molecule has 1 aromatic carbocycles. The molecule has 0 bridgehead atoms. The first-order valence-corrected chi connectivity index (χ1v) is 8.60. The first-order valence-electron chi connectivity index (χ1n) is 8.60. The van der Waals surface area contributed by atoms with Crippen LogP contribution in [0.5, 0.6) is 0 Å². The van der Waals surface area contributed by atoms with Crippen LogP contribution in [0.1, 0.15) is 61.6 Å². The quantitative estimate of drug-likeness (QED) is 0.776. The van der Waals surface area contributed by atoms with E-state index in [-0.39, 0.29) is 11.4 Å². The van der Waals surface area contributed by atoms with E-state index in [0.717, 1.165) is 11.2 Å². The number of benzene rings is 1. The summed E-state index contributed by atoms with van der Waals surface area (Å²) in [6, 6.07) is 7.38. The molecule has 0 atom stereocenters. The van der Waals surface area contributed by atoms with Crippen molar-refractivity contribution in [1.29, 1.82) is 0 Å². The summed E-state index contributed by atoms with van der Waals surface area (Å²) in [5.41, 5.74) is 3.57. The number of nitrogens with one attached hydrogen (secondary N) is 1. The van der Waals surface area contributed by atoms with E-state index in [4.69, 9.17) is 4.42 Å². The number of aromatic nitrogens is 3. The third-order valence-corrected chi connectivity index (χ3v) is 4.35. The van der Waals surface area contributed by atoms with E-state index >= 15 is 0 Å². The fourth-order valence-electron chi connectivity index (χ4n) is 3.03. The van der Waals surface area contributed by atoms with Crippen LogP contribution in [0.4, 0.5) is 5.69 Å². The van der Waals surface area contributed by atoms with Gasteiger partial charge >= 0.3 is 0 Å². The van der Waals surface area contributed by atoms with E-state index < -0.39 is 0 Å². The SMILES string of the molecule is Cc1nc2ccc(NC(=O)c3cc(C4CC4)n(C(C)(C)C)n3)cc2o1. The lowest BCUT2D eigenvalue weighted by Gasteiger charge is -2.22. The Morgan fingerprint density at radius 2 is 2.04 bits per heavy atom. The molecule has 4 rings (SSSR count). The second-order valence-corrected chi connectivity index (χ2v) is 7.68. The van der Waals surface area contributed by atoms with E-state index in [9.17, 15) is 4.79 Å². The minimum atomic E-state index is -0.208. The van der Waals surface area contributed by atoms with Crippen LogP contribution in [-0.4, -0.2) is 20.7 Å². The molecule has 2 heterocycles. The Bertz CT molecular complexity index is 958. The van der Waals surface area contributed by atoms with Gasteiger partial charge in [-0.1, -0.05) is 0 Å². The molecule has 1 saturated carbocycles. The van der Waals surface area contributed by atoms with E-state index in [1.54, 1.807) is 13.0 Å². The maximum absolute atomic E-state index is 12.7. The molecule has 1 aliphatic carbocycles. The number of oxazole rings is 1. The molecule has 6 heteroatoms. The highest BCUT2D eigenvalue weighted by Gasteiger charge is 2.32. The van der Waals surface area contributed by atoms with Crippen molar-refractivity contribution < 1.29 is 9.21 Å². The molecule has 25 heavy (non-hydrogen) atoms. The predicted octanol–water partition coefficient (Wildman–Crippen LogP) is 4.22. The number of carbonyl (C=O) groups excluding carboxylic acids is 1. The summed E-state index contributed by atoms with van der Waals surface area (Å²) in [6.45, 7) is 8.12. The smallest absolute Gasteiger partial charge is 0.276 e. The third-order valence-electron chi connectivity index (χ3n) is 4.35. The van der Waals surface area contributed by atoms with Crippen LogP contribution in [0.25, 0.3) is 11.1 Å². The molecule has 1 fully saturated rings. The molecule has 0 saturated heterocycles. The standard InChI is InChI=1S/C19H22N4O2/c1-11-20-14-8-7-13(9-17(14)25-11)21-18(24)15-10-16(12-5-6-12)23(22-15)19(2,3)4/h7-10,12H,5-6H2,1-4H3,(H,21,24). The molecule has 2 aromatic heterocycles. The Labute approximate surface area is 146 Å². The van der Waals surface area contributed by atoms with Gasteiger partial charge in [0.2, 0.25) is 0 Å². The van der Waals surface area contributed by atoms with Gasteiger partial charge in [0, 0.05) is 30.3 Å². The molecular formula is C19H22N4O2. The molecule has 3 aromatic rings. The summed E-state index contributed by atoms with van der Waals surface area (Å²) >= 11 is 0. The second kappa shape index (κ2) is 5.44. The van der Waals surface area contributed by atoms with Gasteiger partial charge in [-0.15, -0.1) is 0 Å². The van der Waals surface area contributed by atoms with Crippen molar-refractivity contribution in [2.45, 2.75) is 52.0 Å². The average molecular weight is 338 g/mol. The maximum atomic E-state index is 12.7. The first-order chi connectivity index (χ1) is 11.8. The fraction of sp³-hybridized carbons (Fsp3) is 0.421. The van der Waals surface area contributed by atoms with Crippen LogP contribution >= 0.6 is 0 Å². The lowest BCUT2D eigenvalue weighted by atomic mass is 10.1. The van der Waals surface area contributed by atoms with E-state index in [0.29, 0.717) is 28.8 Å². The minimum Gasteiger partial charge on any atom is -0.441 e. The summed E-state index contributed by atoms with van der Waals surface area (Å²) in [6.07, 6.45) is 2.34. The lowest BCUT2D eigenvalue weighted by Crippen LogP contribution is -2.25. The number of anilines is 1. The maximum Gasteiger partial charge on any atom is 0.276 e. The monoisotopic (exact) mass is 338 g/mol. The van der Waals surface area contributed by atoms with Crippen molar-refractivity contribution >= 4 is 22.7 Å². The summed E-state index contributed by atoms with van der Waals surface area (Å²) in [4.78, 5) is 16.9. The van der Waals surface area contributed by atoms with E-state index in [1.165, 1.54) is 12.8 Å². The summed E-state index contributed by atoms with van der Waals surface area (Å²) in [7, 11) is 0. The number of nitrogens with zero attached hydrogens (tertiary/aromatic N) is 3. The van der Waals surface area contributed by atoms with Gasteiger partial charge in [0.25, 0.3) is 5.91 Å². The molecule has 0 aliphatic heterocycles. The third kappa shape index (κ3) is 3.04. The van der Waals surface area contributed by atoms with Crippen LogP contribution < -0.4 is 5.32 Å². The number of amides is 1. The molecular weight excluding hydrogens is 316 g/mol. The van der Waals surface area contributed by atoms with Gasteiger partial charge in [-0.25, -0.2) is 4.98 Å². The van der Waals surface area contributed by atoms with Crippen molar-refractivity contribution in [3.63, 3.8) is 0 Å². The van der Waals surface area contributed by atoms with Gasteiger partial charge in [-0.2, -0.15) is 5.10 Å². The average Bonchev–Trinajstić information content (AvgIpc) is 3.14. The molecule has 0 unspecified atom stereocenters. The predicted molar refractivity (Wildman–Crippen MR) is 95.9 cm³/mol. The molecule has 6 nitrogen and oxygen atoms in total. The fourth-order valence-corrected chi connectivity index (χ4v) is 3.03. The Hall–Kier alpha value is -2.63. The zero-order valence-corrected chi connectivity index (χ0v) is 15.0. The molecule has 1 N–H and O–H groups in total. The van der Waals surface area contributed by atoms with Crippen LogP contribution in [0, 0.1) is 6.92 Å². The molecule has 0 radical (unpaired) electrons. The largest absolute Gasteiger partial charge is 0.441 e. The zero-order chi connectivity index (χ0) is 17.8. The summed E-state index contributed by atoms with van der Waals surface area (Å²) < 4.78 is 7.51. The normalized spacial score (nSPS) is 14.9. The summed E-state index contributed by atoms with van der Waals surface area (Å²) in [5, 5.41) is 7.48. The van der Waals surface area contributed by atoms with Crippen molar-refractivity contribution in [1.82, 2.24) is 14.8 Å². The van der Waals surface area contributed by atoms with Gasteiger partial charge in [0.05, 0.1) is 5.54 Å². The van der Waals surface area contributed by atoms with Gasteiger partial charge < -0.3 is 9.73 Å². The highest BCUT2D eigenvalue weighted by Crippen LogP contribution is 2.41. The number of fused-ring (bicyclic) bond motifs is 1. The van der Waals surface area contributed by atoms with Gasteiger partial charge in [0.15, 0.2) is 17.2 Å². The van der Waals surface area contributed by atoms with Crippen LogP contribution in [0.15, 0.2) is 28.7 Å². The van der Waals surface area contributed by atoms with Gasteiger partial charge in [-0.05, 0) is 51.8 Å². The Kier molecular flexibility index (Phi) is 3.45. The second-order valence-electron chi connectivity index (χ2n) is 7.68. The minimum absolute atomic E-state index is 0.146. The van der Waals surface area contributed by atoms with Crippen molar-refractivity contribution in [2.24, 2.45) is 0 Å². The van der Waals surface area contributed by atoms with E-state index in [1.807, 2.05) is 22.9 Å². The van der Waals surface area contributed by atoms with Crippen LogP contribution in [0.3, 0.4) is 0 Å². The van der Waals surface area contributed by atoms with Gasteiger partial charge in [-0.3, -0.25) is 9.48 Å². The zero-order valence-electron chi connectivity index (χ0n) is 15.0. The number of carbonyl (C=O) groups is 1. The first kappa shape index (κ1) is 15.9. The highest BCUT2D eigenvalue weighted by molar-refractivity contribution is 6.03. The number of aryl methyl sites for hydroxylation is 1. The van der Waals surface area contributed by atoms with Gasteiger partial charge in [0.1, 0.15) is 5.52 Å². The van der Waals surface area contributed by atoms with Crippen molar-refractivity contribution in [3.8, 4) is 0 Å². The Balaban J connectivity index is 1.61. The number of hydrogen-bond donors (Lipinski definition) is 1. The van der Waals surface area contributed by atoms with E-state index in [2.05, 4.69) is 36.2 Å². The number of rotatable bonds is 3. The van der Waals surface area contributed by atoms with Crippen molar-refractivity contribution in [3.05, 3.63) is 41.5 Å². The summed E-state index contributed by atoms with van der Waals surface area (Å²) in [5.74, 6) is 0.929. The van der Waals surface area contributed by atoms with Crippen molar-refractivity contribution in [2.75, 3.05) is 5.32 Å². The molecule has 1 aliphatic rings. The van der Waals surface area contributed by atoms with Crippen LogP contribution in [-0.2, 0) is 5.54 Å². The van der Waals surface area contributed by atoms with Crippen LogP contribution in [0.2, 0.25) is 0 Å². The Morgan fingerprint density at radius 1 is 1.28 bits per heavy atom. The molecule has 1 amide bonds. The highest BCUT2D eigenvalue weighted by atomic mass is 16.3. The Morgan fingerprint density at radius 3 is 2.72 bits per heavy atom.